The first kappa shape index (κ1) is 14.3. The lowest BCUT2D eigenvalue weighted by atomic mass is 10.0. The zero-order valence-electron chi connectivity index (χ0n) is 11.8. The fourth-order valence-electron chi connectivity index (χ4n) is 2.29. The van der Waals surface area contributed by atoms with Crippen molar-refractivity contribution in [2.24, 2.45) is 0 Å². The van der Waals surface area contributed by atoms with E-state index in [1.165, 1.54) is 0 Å². The van der Waals surface area contributed by atoms with Gasteiger partial charge in [-0.05, 0) is 6.42 Å². The van der Waals surface area contributed by atoms with Gasteiger partial charge in [0.1, 0.15) is 17.5 Å². The van der Waals surface area contributed by atoms with E-state index < -0.39 is 0 Å². The Morgan fingerprint density at radius 2 is 1.77 bits per heavy atom. The van der Waals surface area contributed by atoms with Crippen molar-refractivity contribution in [2.45, 2.75) is 12.7 Å². The van der Waals surface area contributed by atoms with Crippen molar-refractivity contribution in [1.29, 1.82) is 5.26 Å². The lowest BCUT2D eigenvalue weighted by Crippen LogP contribution is -2.17. The smallest absolute Gasteiger partial charge is 0.222 e. The van der Waals surface area contributed by atoms with Crippen LogP contribution in [-0.4, -0.2) is 23.2 Å². The topological polar surface area (TPSA) is 120 Å². The molecule has 2 heterocycles. The van der Waals surface area contributed by atoms with Crippen molar-refractivity contribution in [3.8, 4) is 17.3 Å². The molecule has 0 spiro atoms. The number of nitrogens with zero attached hydrogens (tertiary/aromatic N) is 3. The highest BCUT2D eigenvalue weighted by atomic mass is 16.7. The molecule has 3 rings (SSSR count). The summed E-state index contributed by atoms with van der Waals surface area (Å²) in [4.78, 5) is 7.92. The Bertz CT molecular complexity index is 718. The van der Waals surface area contributed by atoms with Crippen molar-refractivity contribution in [3.63, 3.8) is 0 Å². The highest BCUT2D eigenvalue weighted by Crippen LogP contribution is 2.28. The number of nitriles is 1. The zero-order valence-corrected chi connectivity index (χ0v) is 11.8. The maximum Gasteiger partial charge on any atom is 0.222 e. The third-order valence-electron chi connectivity index (χ3n) is 3.35. The maximum atomic E-state index is 9.22. The Balaban J connectivity index is 1.95. The van der Waals surface area contributed by atoms with Crippen LogP contribution in [0.2, 0.25) is 0 Å². The Morgan fingerprint density at radius 3 is 2.41 bits per heavy atom. The van der Waals surface area contributed by atoms with Crippen LogP contribution in [0, 0.1) is 11.3 Å². The number of nitrogens with two attached hydrogens (primary N) is 2. The predicted molar refractivity (Wildman–Crippen MR) is 80.3 cm³/mol. The van der Waals surface area contributed by atoms with E-state index in [0.717, 1.165) is 17.5 Å². The molecule has 2 aromatic rings. The molecule has 1 aliphatic rings. The molecule has 0 amide bonds. The van der Waals surface area contributed by atoms with Gasteiger partial charge in [-0.1, -0.05) is 24.3 Å². The second kappa shape index (κ2) is 5.97. The van der Waals surface area contributed by atoms with Gasteiger partial charge in [0.25, 0.3) is 0 Å². The van der Waals surface area contributed by atoms with E-state index >= 15 is 0 Å². The first-order valence-corrected chi connectivity index (χ1v) is 6.85. The van der Waals surface area contributed by atoms with Gasteiger partial charge in [-0.15, -0.1) is 0 Å². The molecule has 1 aliphatic heterocycles. The van der Waals surface area contributed by atoms with E-state index in [1.54, 1.807) is 0 Å². The number of benzene rings is 1. The van der Waals surface area contributed by atoms with Crippen molar-refractivity contribution in [3.05, 3.63) is 35.4 Å². The van der Waals surface area contributed by atoms with Crippen LogP contribution in [0.25, 0.3) is 11.3 Å². The monoisotopic (exact) mass is 297 g/mol. The minimum Gasteiger partial charge on any atom is -0.382 e. The van der Waals surface area contributed by atoms with Crippen LogP contribution in [0.5, 0.6) is 0 Å². The normalized spacial score (nSPS) is 15.4. The number of rotatable bonds is 2. The number of ether oxygens (including phenoxy) is 2. The summed E-state index contributed by atoms with van der Waals surface area (Å²) in [6, 6.07) is 9.43. The number of hydrogen-bond donors (Lipinski definition) is 2. The molecule has 0 bridgehead atoms. The molecule has 1 saturated heterocycles. The molecule has 0 atom stereocenters. The third-order valence-corrected chi connectivity index (χ3v) is 3.35. The third kappa shape index (κ3) is 2.70. The summed E-state index contributed by atoms with van der Waals surface area (Å²) < 4.78 is 11.1. The minimum atomic E-state index is -0.348. The van der Waals surface area contributed by atoms with Crippen LogP contribution < -0.4 is 11.5 Å². The average molecular weight is 297 g/mol. The van der Waals surface area contributed by atoms with E-state index in [9.17, 15) is 5.26 Å². The molecule has 0 saturated carbocycles. The first-order chi connectivity index (χ1) is 10.7. The molecular formula is C15H15N5O2. The highest BCUT2D eigenvalue weighted by Gasteiger charge is 2.18. The molecule has 7 nitrogen and oxygen atoms in total. The first-order valence-electron chi connectivity index (χ1n) is 6.85. The second-order valence-electron chi connectivity index (χ2n) is 4.85. The molecule has 22 heavy (non-hydrogen) atoms. The summed E-state index contributed by atoms with van der Waals surface area (Å²) >= 11 is 0. The van der Waals surface area contributed by atoms with E-state index in [4.69, 9.17) is 20.9 Å². The number of aromatic nitrogens is 2. The zero-order chi connectivity index (χ0) is 15.5. The minimum absolute atomic E-state index is 0.0366. The fourth-order valence-corrected chi connectivity index (χ4v) is 2.29. The molecule has 7 heteroatoms. The van der Waals surface area contributed by atoms with E-state index in [2.05, 4.69) is 9.97 Å². The van der Waals surface area contributed by atoms with Crippen LogP contribution in [0.15, 0.2) is 24.3 Å². The molecule has 0 aliphatic carbocycles. The Hall–Kier alpha value is -2.69. The van der Waals surface area contributed by atoms with E-state index in [1.807, 2.05) is 30.3 Å². The second-order valence-corrected chi connectivity index (χ2v) is 4.85. The molecule has 1 aromatic carbocycles. The van der Waals surface area contributed by atoms with Crippen molar-refractivity contribution in [2.75, 3.05) is 24.7 Å². The predicted octanol–water partition coefficient (Wildman–Crippen LogP) is 1.62. The quantitative estimate of drug-likeness (QED) is 0.863. The molecule has 0 radical (unpaired) electrons. The summed E-state index contributed by atoms with van der Waals surface area (Å²) in [5.74, 6) is 0.113. The summed E-state index contributed by atoms with van der Waals surface area (Å²) in [6.07, 6.45) is 0.554. The summed E-state index contributed by atoms with van der Waals surface area (Å²) in [5.41, 5.74) is 13.6. The van der Waals surface area contributed by atoms with Gasteiger partial charge in [-0.25, -0.2) is 4.98 Å². The van der Waals surface area contributed by atoms with Gasteiger partial charge in [-0.2, -0.15) is 10.2 Å². The largest absolute Gasteiger partial charge is 0.382 e. The van der Waals surface area contributed by atoms with Crippen LogP contribution in [-0.2, 0) is 9.47 Å². The molecule has 1 fully saturated rings. The van der Waals surface area contributed by atoms with Crippen LogP contribution >= 0.6 is 0 Å². The average Bonchev–Trinajstić information content (AvgIpc) is 2.55. The highest BCUT2D eigenvalue weighted by molar-refractivity contribution is 5.73. The summed E-state index contributed by atoms with van der Waals surface area (Å²) in [6.45, 7) is 1.37. The van der Waals surface area contributed by atoms with Crippen molar-refractivity contribution in [1.82, 2.24) is 9.97 Å². The molecule has 1 aromatic heterocycles. The Labute approximate surface area is 127 Å². The van der Waals surface area contributed by atoms with Gasteiger partial charge in [0.15, 0.2) is 6.29 Å². The van der Waals surface area contributed by atoms with Crippen LogP contribution in [0.4, 0.5) is 11.8 Å². The van der Waals surface area contributed by atoms with Crippen molar-refractivity contribution >= 4 is 11.8 Å². The number of hydrogen-bond acceptors (Lipinski definition) is 7. The van der Waals surface area contributed by atoms with Gasteiger partial charge in [-0.3, -0.25) is 0 Å². The SMILES string of the molecule is N#Cc1c(N)nc(N)nc1-c1ccc(C2OCCCO2)cc1. The lowest BCUT2D eigenvalue weighted by molar-refractivity contribution is -0.183. The molecule has 0 unspecified atom stereocenters. The molecule has 112 valence electrons. The lowest BCUT2D eigenvalue weighted by Gasteiger charge is -2.23. The molecule has 4 N–H and O–H groups in total. The molecular weight excluding hydrogens is 282 g/mol. The van der Waals surface area contributed by atoms with Gasteiger partial charge in [0.05, 0.1) is 18.9 Å². The number of anilines is 2. The van der Waals surface area contributed by atoms with Crippen LogP contribution in [0.3, 0.4) is 0 Å². The van der Waals surface area contributed by atoms with Crippen LogP contribution in [0.1, 0.15) is 23.8 Å². The van der Waals surface area contributed by atoms with Gasteiger partial charge < -0.3 is 20.9 Å². The Morgan fingerprint density at radius 1 is 1.09 bits per heavy atom. The van der Waals surface area contributed by atoms with E-state index in [-0.39, 0.29) is 23.6 Å². The Kier molecular flexibility index (Phi) is 3.87. The summed E-state index contributed by atoms with van der Waals surface area (Å²) in [7, 11) is 0. The van der Waals surface area contributed by atoms with Crippen molar-refractivity contribution < 1.29 is 9.47 Å². The summed E-state index contributed by atoms with van der Waals surface area (Å²) in [5, 5.41) is 9.22. The fraction of sp³-hybridized carbons (Fsp3) is 0.267. The van der Waals surface area contributed by atoms with E-state index in [0.29, 0.717) is 18.9 Å². The van der Waals surface area contributed by atoms with Gasteiger partial charge in [0.2, 0.25) is 5.95 Å². The van der Waals surface area contributed by atoms with Gasteiger partial charge >= 0.3 is 0 Å². The maximum absolute atomic E-state index is 9.22. The van der Waals surface area contributed by atoms with Gasteiger partial charge in [0, 0.05) is 11.1 Å². The standard InChI is InChI=1S/C15H15N5O2/c16-8-11-12(19-15(18)20-13(11)17)9-2-4-10(5-3-9)14-21-6-1-7-22-14/h2-5,14H,1,6-7H2,(H4,17,18,19,20). The number of nitrogen functional groups attached to an aromatic ring is 2.